The first-order chi connectivity index (χ1) is 9.67. The fourth-order valence-corrected chi connectivity index (χ4v) is 2.22. The topological polar surface area (TPSA) is 78.5 Å². The van der Waals surface area contributed by atoms with Crippen molar-refractivity contribution < 1.29 is 0 Å². The van der Waals surface area contributed by atoms with E-state index in [2.05, 4.69) is 30.8 Å². The minimum atomic E-state index is 0.481. The molecular formula is C12H10Cl2N6. The van der Waals surface area contributed by atoms with Gasteiger partial charge in [-0.2, -0.15) is 15.1 Å². The average molecular weight is 309 g/mol. The quantitative estimate of drug-likeness (QED) is 0.690. The standard InChI is InChI=1S/C12H10Cl2N6/c1-15-12-18-10(7-5-16-20-11(7)19-12)17-9-3-2-6(13)4-8(9)14/h2-5H,1H3,(H3,15,16,17,18,19,20). The largest absolute Gasteiger partial charge is 0.357 e. The maximum atomic E-state index is 6.15. The lowest BCUT2D eigenvalue weighted by atomic mass is 10.3. The normalized spacial score (nSPS) is 10.8. The third-order valence-electron chi connectivity index (χ3n) is 2.72. The molecule has 0 aliphatic carbocycles. The van der Waals surface area contributed by atoms with Crippen LogP contribution in [0.5, 0.6) is 0 Å². The van der Waals surface area contributed by atoms with Crippen LogP contribution in [0.1, 0.15) is 0 Å². The van der Waals surface area contributed by atoms with Gasteiger partial charge in [-0.1, -0.05) is 23.2 Å². The summed E-state index contributed by atoms with van der Waals surface area (Å²) in [5, 5.41) is 14.7. The smallest absolute Gasteiger partial charge is 0.226 e. The van der Waals surface area contributed by atoms with Crippen molar-refractivity contribution in [2.45, 2.75) is 0 Å². The first kappa shape index (κ1) is 13.0. The molecule has 8 heteroatoms. The monoisotopic (exact) mass is 308 g/mol. The summed E-state index contributed by atoms with van der Waals surface area (Å²) < 4.78 is 0. The number of H-pyrrole nitrogens is 1. The van der Waals surface area contributed by atoms with E-state index in [4.69, 9.17) is 23.2 Å². The van der Waals surface area contributed by atoms with Gasteiger partial charge in [-0.05, 0) is 18.2 Å². The molecule has 102 valence electrons. The molecule has 2 aromatic heterocycles. The van der Waals surface area contributed by atoms with Crippen molar-refractivity contribution in [2.24, 2.45) is 0 Å². The van der Waals surface area contributed by atoms with E-state index >= 15 is 0 Å². The maximum absolute atomic E-state index is 6.15. The number of nitrogens with zero attached hydrogens (tertiary/aromatic N) is 3. The number of aromatic amines is 1. The molecule has 0 saturated heterocycles. The van der Waals surface area contributed by atoms with E-state index in [-0.39, 0.29) is 0 Å². The van der Waals surface area contributed by atoms with Crippen LogP contribution >= 0.6 is 23.2 Å². The minimum absolute atomic E-state index is 0.481. The molecule has 6 nitrogen and oxygen atoms in total. The van der Waals surface area contributed by atoms with Crippen molar-refractivity contribution in [2.75, 3.05) is 17.7 Å². The molecule has 0 atom stereocenters. The van der Waals surface area contributed by atoms with Crippen LogP contribution in [0, 0.1) is 0 Å². The van der Waals surface area contributed by atoms with E-state index in [9.17, 15) is 0 Å². The van der Waals surface area contributed by atoms with Crippen molar-refractivity contribution >= 4 is 51.7 Å². The van der Waals surface area contributed by atoms with E-state index in [1.54, 1.807) is 31.4 Å². The first-order valence-electron chi connectivity index (χ1n) is 5.78. The van der Waals surface area contributed by atoms with Gasteiger partial charge in [0, 0.05) is 12.1 Å². The molecule has 20 heavy (non-hydrogen) atoms. The summed E-state index contributed by atoms with van der Waals surface area (Å²) in [6.45, 7) is 0. The SMILES string of the molecule is CNc1nc(Nc2ccc(Cl)cc2Cl)c2cn[nH]c2n1. The third-order valence-corrected chi connectivity index (χ3v) is 3.27. The van der Waals surface area contributed by atoms with Crippen molar-refractivity contribution in [3.8, 4) is 0 Å². The Morgan fingerprint density at radius 3 is 2.80 bits per heavy atom. The van der Waals surface area contributed by atoms with Crippen LogP contribution in [0.2, 0.25) is 10.0 Å². The van der Waals surface area contributed by atoms with Gasteiger partial charge in [0.15, 0.2) is 5.65 Å². The summed E-state index contributed by atoms with van der Waals surface area (Å²) in [5.41, 5.74) is 1.34. The van der Waals surface area contributed by atoms with E-state index in [1.165, 1.54) is 0 Å². The Kier molecular flexibility index (Phi) is 3.33. The number of nitrogens with one attached hydrogen (secondary N) is 3. The van der Waals surface area contributed by atoms with E-state index < -0.39 is 0 Å². The number of hydrogen-bond acceptors (Lipinski definition) is 5. The van der Waals surface area contributed by atoms with Crippen LogP contribution in [0.4, 0.5) is 17.5 Å². The highest BCUT2D eigenvalue weighted by molar-refractivity contribution is 6.36. The van der Waals surface area contributed by atoms with E-state index in [0.29, 0.717) is 33.1 Å². The Morgan fingerprint density at radius 2 is 2.05 bits per heavy atom. The second-order valence-electron chi connectivity index (χ2n) is 4.03. The van der Waals surface area contributed by atoms with Crippen LogP contribution in [0.15, 0.2) is 24.4 Å². The molecule has 0 unspecified atom stereocenters. The Balaban J connectivity index is 2.07. The molecule has 0 bridgehead atoms. The number of aromatic nitrogens is 4. The van der Waals surface area contributed by atoms with Crippen LogP contribution in [0.3, 0.4) is 0 Å². The Morgan fingerprint density at radius 1 is 1.20 bits per heavy atom. The number of benzene rings is 1. The molecular weight excluding hydrogens is 299 g/mol. The molecule has 0 aliphatic heterocycles. The predicted octanol–water partition coefficient (Wildman–Crippen LogP) is 3.45. The summed E-state index contributed by atoms with van der Waals surface area (Å²) in [6, 6.07) is 5.21. The highest BCUT2D eigenvalue weighted by atomic mass is 35.5. The molecule has 0 fully saturated rings. The molecule has 3 aromatic rings. The Bertz CT molecular complexity index is 770. The van der Waals surface area contributed by atoms with Crippen molar-refractivity contribution in [1.82, 2.24) is 20.2 Å². The van der Waals surface area contributed by atoms with Crippen LogP contribution < -0.4 is 10.6 Å². The van der Waals surface area contributed by atoms with E-state index in [0.717, 1.165) is 5.39 Å². The first-order valence-corrected chi connectivity index (χ1v) is 6.54. The summed E-state index contributed by atoms with van der Waals surface area (Å²) in [6.07, 6.45) is 1.65. The fourth-order valence-electron chi connectivity index (χ4n) is 1.76. The molecule has 1 aromatic carbocycles. The molecule has 0 aliphatic rings. The summed E-state index contributed by atoms with van der Waals surface area (Å²) in [7, 11) is 1.75. The van der Waals surface area contributed by atoms with Gasteiger partial charge in [0.05, 0.1) is 22.3 Å². The number of rotatable bonds is 3. The predicted molar refractivity (Wildman–Crippen MR) is 81.0 cm³/mol. The molecule has 0 spiro atoms. The van der Waals surface area contributed by atoms with Gasteiger partial charge in [0.25, 0.3) is 0 Å². The van der Waals surface area contributed by atoms with Gasteiger partial charge in [-0.3, -0.25) is 5.10 Å². The van der Waals surface area contributed by atoms with Gasteiger partial charge in [-0.15, -0.1) is 0 Å². The lowest BCUT2D eigenvalue weighted by Gasteiger charge is -2.09. The average Bonchev–Trinajstić information content (AvgIpc) is 2.90. The summed E-state index contributed by atoms with van der Waals surface area (Å²) in [5.74, 6) is 1.09. The molecule has 0 radical (unpaired) electrons. The zero-order valence-electron chi connectivity index (χ0n) is 10.4. The molecule has 0 saturated carbocycles. The summed E-state index contributed by atoms with van der Waals surface area (Å²) in [4.78, 5) is 8.62. The molecule has 0 amide bonds. The number of halogens is 2. The maximum Gasteiger partial charge on any atom is 0.226 e. The molecule has 3 rings (SSSR count). The number of anilines is 3. The third kappa shape index (κ3) is 2.35. The second kappa shape index (κ2) is 5.15. The Hall–Kier alpha value is -2.05. The lowest BCUT2D eigenvalue weighted by molar-refractivity contribution is 1.09. The second-order valence-corrected chi connectivity index (χ2v) is 4.87. The molecule has 2 heterocycles. The van der Waals surface area contributed by atoms with Crippen molar-refractivity contribution in [3.05, 3.63) is 34.4 Å². The van der Waals surface area contributed by atoms with Gasteiger partial charge in [-0.25, -0.2) is 0 Å². The highest BCUT2D eigenvalue weighted by Crippen LogP contribution is 2.30. The summed E-state index contributed by atoms with van der Waals surface area (Å²) >= 11 is 12.0. The number of fused-ring (bicyclic) bond motifs is 1. The van der Waals surface area contributed by atoms with Crippen LogP contribution in [-0.2, 0) is 0 Å². The van der Waals surface area contributed by atoms with E-state index in [1.807, 2.05) is 0 Å². The Labute approximate surface area is 124 Å². The zero-order valence-corrected chi connectivity index (χ0v) is 11.9. The van der Waals surface area contributed by atoms with Gasteiger partial charge >= 0.3 is 0 Å². The van der Waals surface area contributed by atoms with Gasteiger partial charge in [0.1, 0.15) is 5.82 Å². The van der Waals surface area contributed by atoms with Crippen LogP contribution in [-0.4, -0.2) is 27.2 Å². The minimum Gasteiger partial charge on any atom is -0.357 e. The zero-order chi connectivity index (χ0) is 14.1. The van der Waals surface area contributed by atoms with Crippen LogP contribution in [0.25, 0.3) is 11.0 Å². The number of hydrogen-bond donors (Lipinski definition) is 3. The highest BCUT2D eigenvalue weighted by Gasteiger charge is 2.10. The fraction of sp³-hybridized carbons (Fsp3) is 0.0833. The van der Waals surface area contributed by atoms with Gasteiger partial charge < -0.3 is 10.6 Å². The van der Waals surface area contributed by atoms with Crippen molar-refractivity contribution in [3.63, 3.8) is 0 Å². The van der Waals surface area contributed by atoms with Gasteiger partial charge in [0.2, 0.25) is 5.95 Å². The lowest BCUT2D eigenvalue weighted by Crippen LogP contribution is -2.01. The van der Waals surface area contributed by atoms with Crippen molar-refractivity contribution in [1.29, 1.82) is 0 Å². The molecule has 3 N–H and O–H groups in total.